The van der Waals surface area contributed by atoms with E-state index in [4.69, 9.17) is 15.3 Å². The number of nitrogens with zero attached hydrogens (tertiary/aromatic N) is 1. The molecule has 0 aliphatic carbocycles. The molecule has 4 nitrogen and oxygen atoms in total. The molecule has 0 spiro atoms. The van der Waals surface area contributed by atoms with E-state index in [2.05, 4.69) is 0 Å². The molecule has 12 heavy (non-hydrogen) atoms. The predicted molar refractivity (Wildman–Crippen MR) is 36.9 cm³/mol. The van der Waals surface area contributed by atoms with Crippen molar-refractivity contribution in [1.82, 2.24) is 4.90 Å². The molecule has 0 aromatic heterocycles. The number of aliphatic hydroxyl groups is 3. The Morgan fingerprint density at radius 1 is 0.833 bits per heavy atom. The summed E-state index contributed by atoms with van der Waals surface area (Å²) in [7, 11) is 0. The zero-order valence-corrected chi connectivity index (χ0v) is 10.7. The van der Waals surface area contributed by atoms with E-state index in [0.717, 1.165) is 0 Å². The minimum atomic E-state index is -0.833. The smallest absolute Gasteiger partial charge is 1.00 e. The normalized spacial score (nSPS) is 17.2. The predicted octanol–water partition coefficient (Wildman–Crippen LogP) is -6.69. The quantitative estimate of drug-likeness (QED) is 0.318. The SMILES string of the molecule is CC(O)N(C(C)O)C(C)O.[Cl-].[Na+]. The molecule has 0 fully saturated rings. The van der Waals surface area contributed by atoms with Crippen LogP contribution in [-0.4, -0.2) is 38.9 Å². The second kappa shape index (κ2) is 8.72. The molecule has 0 saturated carbocycles. The van der Waals surface area contributed by atoms with E-state index in [0.29, 0.717) is 0 Å². The van der Waals surface area contributed by atoms with Gasteiger partial charge in [-0.1, -0.05) is 0 Å². The molecule has 3 N–H and O–H groups in total. The van der Waals surface area contributed by atoms with Gasteiger partial charge in [-0.2, -0.15) is 0 Å². The Kier molecular flexibility index (Phi) is 13.7. The van der Waals surface area contributed by atoms with E-state index in [-0.39, 0.29) is 42.0 Å². The summed E-state index contributed by atoms with van der Waals surface area (Å²) in [6.45, 7) is 4.46. The fraction of sp³-hybridized carbons (Fsp3) is 1.00. The Hall–Kier alpha value is 1.13. The minimum Gasteiger partial charge on any atom is -1.00 e. The van der Waals surface area contributed by atoms with E-state index in [1.165, 1.54) is 25.7 Å². The maximum Gasteiger partial charge on any atom is 1.00 e. The van der Waals surface area contributed by atoms with E-state index >= 15 is 0 Å². The van der Waals surface area contributed by atoms with Crippen LogP contribution in [0.4, 0.5) is 0 Å². The minimum absolute atomic E-state index is 0. The molecule has 0 heterocycles. The molecule has 0 rings (SSSR count). The molecule has 0 saturated heterocycles. The molecule has 0 aliphatic heterocycles. The van der Waals surface area contributed by atoms with Gasteiger partial charge in [-0.15, -0.1) is 0 Å². The third kappa shape index (κ3) is 6.62. The first-order chi connectivity index (χ1) is 4.46. The van der Waals surface area contributed by atoms with Gasteiger partial charge >= 0.3 is 29.6 Å². The molecule has 3 atom stereocenters. The van der Waals surface area contributed by atoms with Gasteiger partial charge in [0.1, 0.15) is 18.7 Å². The van der Waals surface area contributed by atoms with Gasteiger partial charge in [0.25, 0.3) is 0 Å². The summed E-state index contributed by atoms with van der Waals surface area (Å²) in [4.78, 5) is 1.17. The van der Waals surface area contributed by atoms with Crippen molar-refractivity contribution in [2.45, 2.75) is 39.5 Å². The van der Waals surface area contributed by atoms with Crippen molar-refractivity contribution >= 4 is 0 Å². The van der Waals surface area contributed by atoms with Crippen LogP contribution in [-0.2, 0) is 0 Å². The maximum absolute atomic E-state index is 8.96. The largest absolute Gasteiger partial charge is 1.00 e. The molecular formula is C6H15ClNNaO3. The van der Waals surface area contributed by atoms with Crippen LogP contribution in [0.15, 0.2) is 0 Å². The molecule has 0 amide bonds. The number of rotatable bonds is 3. The monoisotopic (exact) mass is 207 g/mol. The van der Waals surface area contributed by atoms with E-state index in [1.807, 2.05) is 0 Å². The maximum atomic E-state index is 8.96. The van der Waals surface area contributed by atoms with Crippen molar-refractivity contribution in [3.63, 3.8) is 0 Å². The fourth-order valence-electron chi connectivity index (χ4n) is 0.937. The van der Waals surface area contributed by atoms with Crippen molar-refractivity contribution in [3.8, 4) is 0 Å². The van der Waals surface area contributed by atoms with E-state index in [1.54, 1.807) is 0 Å². The second-order valence-electron chi connectivity index (χ2n) is 2.34. The van der Waals surface area contributed by atoms with E-state index in [9.17, 15) is 0 Å². The number of hydrogen-bond acceptors (Lipinski definition) is 4. The molecule has 0 aliphatic rings. The first-order valence-corrected chi connectivity index (χ1v) is 3.28. The summed E-state index contributed by atoms with van der Waals surface area (Å²) in [5.74, 6) is 0. The first-order valence-electron chi connectivity index (χ1n) is 3.28. The van der Waals surface area contributed by atoms with Crippen molar-refractivity contribution in [2.24, 2.45) is 0 Å². The van der Waals surface area contributed by atoms with Gasteiger partial charge in [0.05, 0.1) is 0 Å². The molecule has 70 valence electrons. The molecule has 0 bridgehead atoms. The molecule has 6 heteroatoms. The summed E-state index contributed by atoms with van der Waals surface area (Å²) in [6, 6.07) is 0. The second-order valence-corrected chi connectivity index (χ2v) is 2.34. The molecule has 0 aromatic carbocycles. The summed E-state index contributed by atoms with van der Waals surface area (Å²) < 4.78 is 0. The summed E-state index contributed by atoms with van der Waals surface area (Å²) >= 11 is 0. The summed E-state index contributed by atoms with van der Waals surface area (Å²) in [6.07, 6.45) is -2.50. The van der Waals surface area contributed by atoms with Gasteiger partial charge in [-0.25, -0.2) is 4.90 Å². The van der Waals surface area contributed by atoms with Crippen LogP contribution in [0.2, 0.25) is 0 Å². The van der Waals surface area contributed by atoms with Gasteiger partial charge in [-0.05, 0) is 20.8 Å². The molecule has 3 unspecified atom stereocenters. The van der Waals surface area contributed by atoms with Crippen molar-refractivity contribution in [1.29, 1.82) is 0 Å². The summed E-state index contributed by atoms with van der Waals surface area (Å²) in [5, 5.41) is 26.9. The van der Waals surface area contributed by atoms with Crippen LogP contribution in [0, 0.1) is 0 Å². The van der Waals surface area contributed by atoms with Crippen LogP contribution in [0.3, 0.4) is 0 Å². The number of aliphatic hydroxyl groups excluding tert-OH is 3. The van der Waals surface area contributed by atoms with Crippen LogP contribution < -0.4 is 42.0 Å². The Bertz CT molecular complexity index is 83.8. The fourth-order valence-corrected chi connectivity index (χ4v) is 0.937. The van der Waals surface area contributed by atoms with Crippen LogP contribution in [0.1, 0.15) is 20.8 Å². The van der Waals surface area contributed by atoms with Gasteiger partial charge in [0.2, 0.25) is 0 Å². The number of hydrogen-bond donors (Lipinski definition) is 3. The number of halogens is 1. The van der Waals surface area contributed by atoms with Gasteiger partial charge < -0.3 is 27.7 Å². The van der Waals surface area contributed by atoms with Gasteiger partial charge in [0, 0.05) is 0 Å². The van der Waals surface area contributed by atoms with Crippen LogP contribution in [0.5, 0.6) is 0 Å². The molecule has 0 radical (unpaired) electrons. The average Bonchev–Trinajstić information content (AvgIpc) is 1.59. The third-order valence-corrected chi connectivity index (χ3v) is 1.29. The third-order valence-electron chi connectivity index (χ3n) is 1.29. The summed E-state index contributed by atoms with van der Waals surface area (Å²) in [5.41, 5.74) is 0. The average molecular weight is 208 g/mol. The topological polar surface area (TPSA) is 63.9 Å². The van der Waals surface area contributed by atoms with Crippen LogP contribution in [0.25, 0.3) is 0 Å². The Labute approximate surface area is 101 Å². The Balaban J connectivity index is -0.000000405. The van der Waals surface area contributed by atoms with Crippen LogP contribution >= 0.6 is 0 Å². The zero-order valence-electron chi connectivity index (χ0n) is 7.90. The molecular weight excluding hydrogens is 193 g/mol. The van der Waals surface area contributed by atoms with Crippen molar-refractivity contribution in [2.75, 3.05) is 0 Å². The van der Waals surface area contributed by atoms with E-state index < -0.39 is 18.7 Å². The first kappa shape index (κ1) is 18.8. The molecule has 0 aromatic rings. The Morgan fingerprint density at radius 3 is 1.00 bits per heavy atom. The zero-order chi connectivity index (χ0) is 8.31. The Morgan fingerprint density at radius 2 is 1.00 bits per heavy atom. The van der Waals surface area contributed by atoms with Gasteiger partial charge in [0.15, 0.2) is 0 Å². The van der Waals surface area contributed by atoms with Crippen molar-refractivity contribution in [3.05, 3.63) is 0 Å². The van der Waals surface area contributed by atoms with Crippen molar-refractivity contribution < 1.29 is 57.3 Å². The van der Waals surface area contributed by atoms with Gasteiger partial charge in [-0.3, -0.25) is 0 Å². The standard InChI is InChI=1S/C6H15NO3.ClH.Na/c1-4(8)7(5(2)9)6(3)10;;/h4-6,8-10H,1-3H3;1H;/q;;+1/p-1.